The minimum atomic E-state index is -0.965. The van der Waals surface area contributed by atoms with Crippen LogP contribution in [0.25, 0.3) is 0 Å². The number of carbonyl (C=O) groups is 1. The predicted molar refractivity (Wildman–Crippen MR) is 106 cm³/mol. The molecule has 0 spiro atoms. The number of nitrogens with one attached hydrogen (secondary N) is 1. The Bertz CT molecular complexity index is 903. The fraction of sp³-hybridized carbons (Fsp3) is 0.174. The summed E-state index contributed by atoms with van der Waals surface area (Å²) in [4.78, 5) is 11.9. The number of anilines is 2. The van der Waals surface area contributed by atoms with Crippen LogP contribution in [0.15, 0.2) is 78.9 Å². The van der Waals surface area contributed by atoms with Gasteiger partial charge < -0.3 is 10.4 Å². The van der Waals surface area contributed by atoms with E-state index in [1.807, 2.05) is 54.6 Å². The lowest BCUT2D eigenvalue weighted by molar-refractivity contribution is -0.147. The zero-order valence-corrected chi connectivity index (χ0v) is 15.3. The maximum atomic E-state index is 13.0. The van der Waals surface area contributed by atoms with Gasteiger partial charge in [0.25, 0.3) is 0 Å². The normalized spacial score (nSPS) is 12.4. The molecular weight excluding hydrogens is 341 g/mol. The van der Waals surface area contributed by atoms with Gasteiger partial charge in [-0.2, -0.15) is 0 Å². The van der Waals surface area contributed by atoms with Gasteiger partial charge in [0.05, 0.1) is 5.41 Å². The lowest BCUT2D eigenvalue weighted by atomic mass is 9.71. The topological polar surface area (TPSA) is 49.3 Å². The lowest BCUT2D eigenvalue weighted by Crippen LogP contribution is -2.32. The van der Waals surface area contributed by atoms with Gasteiger partial charge in [-0.15, -0.1) is 0 Å². The van der Waals surface area contributed by atoms with Crippen LogP contribution in [0.4, 0.5) is 15.8 Å². The van der Waals surface area contributed by atoms with E-state index in [-0.39, 0.29) is 11.7 Å². The SMILES string of the molecule is CC(C)(C(=O)O)C(c1ccccc1)c1ccc(Nc2ccc(F)cc2)cc1. The molecule has 0 aliphatic rings. The van der Waals surface area contributed by atoms with Crippen LogP contribution in [0.5, 0.6) is 0 Å². The molecule has 1 atom stereocenters. The van der Waals surface area contributed by atoms with Crippen LogP contribution in [0, 0.1) is 11.2 Å². The van der Waals surface area contributed by atoms with Crippen LogP contribution >= 0.6 is 0 Å². The van der Waals surface area contributed by atoms with Crippen molar-refractivity contribution in [1.29, 1.82) is 0 Å². The van der Waals surface area contributed by atoms with Crippen molar-refractivity contribution in [1.82, 2.24) is 0 Å². The maximum absolute atomic E-state index is 13.0. The average Bonchev–Trinajstić information content (AvgIpc) is 2.66. The molecule has 27 heavy (non-hydrogen) atoms. The molecule has 0 saturated carbocycles. The zero-order valence-electron chi connectivity index (χ0n) is 15.3. The van der Waals surface area contributed by atoms with Gasteiger partial charge in [0.2, 0.25) is 0 Å². The first kappa shape index (κ1) is 18.6. The highest BCUT2D eigenvalue weighted by Crippen LogP contribution is 2.41. The Labute approximate surface area is 158 Å². The van der Waals surface area contributed by atoms with Gasteiger partial charge in [-0.1, -0.05) is 42.5 Å². The first-order valence-electron chi connectivity index (χ1n) is 8.79. The molecule has 0 amide bonds. The monoisotopic (exact) mass is 363 g/mol. The Morgan fingerprint density at radius 2 is 1.33 bits per heavy atom. The lowest BCUT2D eigenvalue weighted by Gasteiger charge is -2.31. The van der Waals surface area contributed by atoms with Crippen LogP contribution in [-0.2, 0) is 4.79 Å². The van der Waals surface area contributed by atoms with Crippen molar-refractivity contribution in [3.8, 4) is 0 Å². The van der Waals surface area contributed by atoms with E-state index in [2.05, 4.69) is 5.32 Å². The van der Waals surface area contributed by atoms with Crippen molar-refractivity contribution < 1.29 is 14.3 Å². The number of carboxylic acid groups (broad SMARTS) is 1. The van der Waals surface area contributed by atoms with Crippen LogP contribution in [0.2, 0.25) is 0 Å². The largest absolute Gasteiger partial charge is 0.481 e. The van der Waals surface area contributed by atoms with Crippen molar-refractivity contribution >= 4 is 17.3 Å². The van der Waals surface area contributed by atoms with Crippen molar-refractivity contribution in [3.63, 3.8) is 0 Å². The van der Waals surface area contributed by atoms with Crippen molar-refractivity contribution in [2.75, 3.05) is 5.32 Å². The molecule has 3 aromatic carbocycles. The van der Waals surface area contributed by atoms with Crippen molar-refractivity contribution in [2.24, 2.45) is 5.41 Å². The van der Waals surface area contributed by atoms with Gasteiger partial charge in [-0.25, -0.2) is 4.39 Å². The molecule has 1 unspecified atom stereocenters. The van der Waals surface area contributed by atoms with Crippen molar-refractivity contribution in [2.45, 2.75) is 19.8 Å². The second-order valence-corrected chi connectivity index (χ2v) is 7.12. The van der Waals surface area contributed by atoms with E-state index in [0.29, 0.717) is 0 Å². The first-order valence-corrected chi connectivity index (χ1v) is 8.79. The Morgan fingerprint density at radius 1 is 0.852 bits per heavy atom. The minimum absolute atomic E-state index is 0.280. The average molecular weight is 363 g/mol. The van der Waals surface area contributed by atoms with E-state index in [1.165, 1.54) is 12.1 Å². The van der Waals surface area contributed by atoms with E-state index in [4.69, 9.17) is 0 Å². The number of benzene rings is 3. The molecule has 4 heteroatoms. The summed E-state index contributed by atoms with van der Waals surface area (Å²) in [5, 5.41) is 13.0. The fourth-order valence-corrected chi connectivity index (χ4v) is 3.25. The zero-order chi connectivity index (χ0) is 19.4. The second-order valence-electron chi connectivity index (χ2n) is 7.12. The smallest absolute Gasteiger partial charge is 0.310 e. The highest BCUT2D eigenvalue weighted by atomic mass is 19.1. The van der Waals surface area contributed by atoms with Gasteiger partial charge >= 0.3 is 5.97 Å². The van der Waals surface area contributed by atoms with E-state index in [0.717, 1.165) is 22.5 Å². The molecule has 0 saturated heterocycles. The van der Waals surface area contributed by atoms with Gasteiger partial charge in [-0.05, 0) is 61.4 Å². The Balaban J connectivity index is 1.91. The molecular formula is C23H22FNO2. The number of carboxylic acids is 1. The quantitative estimate of drug-likeness (QED) is 0.581. The summed E-state index contributed by atoms with van der Waals surface area (Å²) in [7, 11) is 0. The Morgan fingerprint density at radius 3 is 1.85 bits per heavy atom. The van der Waals surface area contributed by atoms with E-state index < -0.39 is 11.4 Å². The molecule has 0 radical (unpaired) electrons. The van der Waals surface area contributed by atoms with Crippen LogP contribution in [0.1, 0.15) is 30.9 Å². The molecule has 138 valence electrons. The van der Waals surface area contributed by atoms with Gasteiger partial charge in [0, 0.05) is 17.3 Å². The van der Waals surface area contributed by atoms with Crippen LogP contribution in [-0.4, -0.2) is 11.1 Å². The number of halogens is 1. The molecule has 2 N–H and O–H groups in total. The van der Waals surface area contributed by atoms with Crippen LogP contribution < -0.4 is 5.32 Å². The third-order valence-electron chi connectivity index (χ3n) is 4.78. The molecule has 0 fully saturated rings. The molecule has 0 aliphatic heterocycles. The van der Waals surface area contributed by atoms with Gasteiger partial charge in [-0.3, -0.25) is 4.79 Å². The number of hydrogen-bond donors (Lipinski definition) is 2. The van der Waals surface area contributed by atoms with Crippen LogP contribution in [0.3, 0.4) is 0 Å². The summed E-state index contributed by atoms with van der Waals surface area (Å²) in [5.74, 6) is -1.40. The molecule has 0 aliphatic carbocycles. The van der Waals surface area contributed by atoms with Gasteiger partial charge in [0.15, 0.2) is 0 Å². The Hall–Kier alpha value is -3.14. The van der Waals surface area contributed by atoms with E-state index in [9.17, 15) is 14.3 Å². The van der Waals surface area contributed by atoms with Crippen molar-refractivity contribution in [3.05, 3.63) is 95.8 Å². The summed E-state index contributed by atoms with van der Waals surface area (Å²) in [6.07, 6.45) is 0. The highest BCUT2D eigenvalue weighted by molar-refractivity contribution is 5.76. The predicted octanol–water partition coefficient (Wildman–Crippen LogP) is 5.81. The highest BCUT2D eigenvalue weighted by Gasteiger charge is 2.38. The third-order valence-corrected chi connectivity index (χ3v) is 4.78. The standard InChI is InChI=1S/C23H22FNO2/c1-23(2,22(26)27)21(16-6-4-3-5-7-16)17-8-12-19(13-9-17)25-20-14-10-18(24)11-15-20/h3-15,21,25H,1-2H3,(H,26,27). The number of aliphatic carboxylic acids is 1. The second kappa shape index (κ2) is 7.62. The molecule has 0 aromatic heterocycles. The first-order chi connectivity index (χ1) is 12.9. The maximum Gasteiger partial charge on any atom is 0.310 e. The minimum Gasteiger partial charge on any atom is -0.481 e. The number of hydrogen-bond acceptors (Lipinski definition) is 2. The molecule has 3 nitrogen and oxygen atoms in total. The third kappa shape index (κ3) is 4.17. The molecule has 3 rings (SSSR count). The van der Waals surface area contributed by atoms with E-state index in [1.54, 1.807) is 26.0 Å². The summed E-state index contributed by atoms with van der Waals surface area (Å²) in [6.45, 7) is 3.50. The van der Waals surface area contributed by atoms with Gasteiger partial charge in [0.1, 0.15) is 5.82 Å². The number of rotatable bonds is 6. The summed E-state index contributed by atoms with van der Waals surface area (Å²) in [6, 6.07) is 23.5. The van der Waals surface area contributed by atoms with E-state index >= 15 is 0 Å². The molecule has 3 aromatic rings. The molecule has 0 bridgehead atoms. The summed E-state index contributed by atoms with van der Waals surface area (Å²) >= 11 is 0. The molecule has 0 heterocycles. The summed E-state index contributed by atoms with van der Waals surface area (Å²) in [5.41, 5.74) is 2.56. The fourth-order valence-electron chi connectivity index (χ4n) is 3.25. The summed E-state index contributed by atoms with van der Waals surface area (Å²) < 4.78 is 13.0. The Kier molecular flexibility index (Phi) is 5.26.